The topological polar surface area (TPSA) is 33.3 Å². The van der Waals surface area contributed by atoms with Crippen molar-refractivity contribution in [3.8, 4) is 5.75 Å². The van der Waals surface area contributed by atoms with E-state index in [2.05, 4.69) is 29.7 Å². The molecule has 3 aliphatic rings. The second-order valence-corrected chi connectivity index (χ2v) is 6.07. The fraction of sp³-hybridized carbons (Fsp3) is 0.600. The van der Waals surface area contributed by atoms with Crippen molar-refractivity contribution >= 4 is 5.69 Å². The van der Waals surface area contributed by atoms with Crippen molar-refractivity contribution in [2.24, 2.45) is 0 Å². The number of benzene rings is 1. The van der Waals surface area contributed by atoms with Gasteiger partial charge < -0.3 is 15.4 Å². The molecular weight excluding hydrogens is 224 g/mol. The Morgan fingerprint density at radius 3 is 2.94 bits per heavy atom. The first kappa shape index (κ1) is 10.7. The van der Waals surface area contributed by atoms with Crippen LogP contribution in [0.4, 0.5) is 5.69 Å². The van der Waals surface area contributed by atoms with Gasteiger partial charge in [0.25, 0.3) is 0 Å². The molecule has 0 unspecified atom stereocenters. The first-order valence-corrected chi connectivity index (χ1v) is 7.04. The lowest BCUT2D eigenvalue weighted by Crippen LogP contribution is -2.41. The van der Waals surface area contributed by atoms with Gasteiger partial charge in [0.15, 0.2) is 0 Å². The van der Waals surface area contributed by atoms with E-state index in [9.17, 15) is 0 Å². The fourth-order valence-corrected chi connectivity index (χ4v) is 3.72. The quantitative estimate of drug-likeness (QED) is 0.733. The van der Waals surface area contributed by atoms with Crippen molar-refractivity contribution in [3.05, 3.63) is 23.3 Å². The molecule has 3 aliphatic heterocycles. The van der Waals surface area contributed by atoms with Crippen molar-refractivity contribution in [1.29, 1.82) is 0 Å². The van der Waals surface area contributed by atoms with Gasteiger partial charge in [0.2, 0.25) is 0 Å². The minimum atomic E-state index is 0.293. The molecule has 96 valence electrons. The first-order chi connectivity index (χ1) is 8.77. The normalized spacial score (nSPS) is 27.5. The molecule has 4 rings (SSSR count). The lowest BCUT2D eigenvalue weighted by molar-refractivity contribution is 0.220. The van der Waals surface area contributed by atoms with Crippen LogP contribution < -0.4 is 15.4 Å². The van der Waals surface area contributed by atoms with Gasteiger partial charge in [-0.1, -0.05) is 0 Å². The molecule has 1 spiro atoms. The van der Waals surface area contributed by atoms with Crippen molar-refractivity contribution < 1.29 is 4.74 Å². The third-order valence-electron chi connectivity index (χ3n) is 4.77. The van der Waals surface area contributed by atoms with Crippen LogP contribution in [0.2, 0.25) is 0 Å². The van der Waals surface area contributed by atoms with Crippen LogP contribution in [-0.4, -0.2) is 25.7 Å². The summed E-state index contributed by atoms with van der Waals surface area (Å²) in [5, 5.41) is 6.98. The Morgan fingerprint density at radius 2 is 2.11 bits per heavy atom. The molecule has 3 nitrogen and oxygen atoms in total. The van der Waals surface area contributed by atoms with E-state index in [0.29, 0.717) is 11.5 Å². The number of ether oxygens (including phenoxy) is 1. The Morgan fingerprint density at radius 1 is 1.28 bits per heavy atom. The van der Waals surface area contributed by atoms with E-state index in [4.69, 9.17) is 4.74 Å². The number of nitrogens with one attached hydrogen (secondary N) is 2. The minimum Gasteiger partial charge on any atom is -0.492 e. The summed E-state index contributed by atoms with van der Waals surface area (Å²) < 4.78 is 5.98. The predicted molar refractivity (Wildman–Crippen MR) is 72.5 cm³/mol. The zero-order chi connectivity index (χ0) is 12.2. The maximum absolute atomic E-state index is 5.98. The molecule has 3 heterocycles. The summed E-state index contributed by atoms with van der Waals surface area (Å²) in [6.45, 7) is 5.36. The molecule has 0 aromatic heterocycles. The Bertz CT molecular complexity index is 492. The summed E-state index contributed by atoms with van der Waals surface area (Å²) in [5.41, 5.74) is 4.53. The number of fused-ring (bicyclic) bond motifs is 3. The smallest absolute Gasteiger partial charge is 0.125 e. The number of piperidine rings is 1. The van der Waals surface area contributed by atoms with Gasteiger partial charge in [-0.05, 0) is 50.9 Å². The summed E-state index contributed by atoms with van der Waals surface area (Å²) in [6.07, 6.45) is 3.57. The van der Waals surface area contributed by atoms with E-state index in [1.54, 1.807) is 0 Å². The maximum Gasteiger partial charge on any atom is 0.125 e. The van der Waals surface area contributed by atoms with Crippen LogP contribution >= 0.6 is 0 Å². The summed E-state index contributed by atoms with van der Waals surface area (Å²) >= 11 is 0. The van der Waals surface area contributed by atoms with E-state index in [0.717, 1.165) is 31.9 Å². The van der Waals surface area contributed by atoms with Crippen LogP contribution in [0.3, 0.4) is 0 Å². The van der Waals surface area contributed by atoms with Crippen LogP contribution in [0, 0.1) is 0 Å². The SMILES string of the molecule is C[C@@H]1Cc2cc3c(cc2N1)OCC31CCNCC1. The molecular formula is C15H20N2O. The van der Waals surface area contributed by atoms with Gasteiger partial charge in [-0.25, -0.2) is 0 Å². The third kappa shape index (κ3) is 1.40. The molecule has 1 atom stereocenters. The van der Waals surface area contributed by atoms with Gasteiger partial charge in [-0.3, -0.25) is 0 Å². The zero-order valence-corrected chi connectivity index (χ0v) is 10.9. The average Bonchev–Trinajstić information content (AvgIpc) is 2.89. The molecule has 1 saturated heterocycles. The van der Waals surface area contributed by atoms with Gasteiger partial charge in [0.05, 0.1) is 6.61 Å². The summed E-state index contributed by atoms with van der Waals surface area (Å²) in [7, 11) is 0. The summed E-state index contributed by atoms with van der Waals surface area (Å²) in [4.78, 5) is 0. The van der Waals surface area contributed by atoms with Crippen LogP contribution in [0.5, 0.6) is 5.75 Å². The van der Waals surface area contributed by atoms with Gasteiger partial charge in [-0.2, -0.15) is 0 Å². The lowest BCUT2D eigenvalue weighted by atomic mass is 9.74. The molecule has 0 amide bonds. The van der Waals surface area contributed by atoms with Gasteiger partial charge >= 0.3 is 0 Å². The molecule has 0 radical (unpaired) electrons. The largest absolute Gasteiger partial charge is 0.492 e. The number of anilines is 1. The van der Waals surface area contributed by atoms with Crippen molar-refractivity contribution in [3.63, 3.8) is 0 Å². The van der Waals surface area contributed by atoms with E-state index in [1.807, 2.05) is 0 Å². The van der Waals surface area contributed by atoms with E-state index in [1.165, 1.54) is 29.7 Å². The first-order valence-electron chi connectivity index (χ1n) is 7.04. The molecule has 0 bridgehead atoms. The highest BCUT2D eigenvalue weighted by Gasteiger charge is 2.42. The molecule has 18 heavy (non-hydrogen) atoms. The Balaban J connectivity index is 1.78. The van der Waals surface area contributed by atoms with E-state index >= 15 is 0 Å². The molecule has 0 saturated carbocycles. The summed E-state index contributed by atoms with van der Waals surface area (Å²) in [6, 6.07) is 5.20. The van der Waals surface area contributed by atoms with E-state index in [-0.39, 0.29) is 0 Å². The van der Waals surface area contributed by atoms with Crippen LogP contribution in [0.25, 0.3) is 0 Å². The Labute approximate surface area is 108 Å². The molecule has 0 aliphatic carbocycles. The third-order valence-corrected chi connectivity index (χ3v) is 4.77. The van der Waals surface area contributed by atoms with Gasteiger partial charge in [-0.15, -0.1) is 0 Å². The van der Waals surface area contributed by atoms with Crippen molar-refractivity contribution in [2.45, 2.75) is 37.6 Å². The van der Waals surface area contributed by atoms with Gasteiger partial charge in [0.1, 0.15) is 5.75 Å². The molecule has 1 fully saturated rings. The monoisotopic (exact) mass is 244 g/mol. The zero-order valence-electron chi connectivity index (χ0n) is 10.9. The molecule has 1 aromatic carbocycles. The van der Waals surface area contributed by atoms with Crippen LogP contribution in [0.15, 0.2) is 12.1 Å². The fourth-order valence-electron chi connectivity index (χ4n) is 3.72. The molecule has 2 N–H and O–H groups in total. The standard InChI is InChI=1S/C15H20N2O/c1-10-6-11-7-12-14(8-13(11)17-10)18-9-15(12)2-4-16-5-3-15/h7-8,10,16-17H,2-6,9H2,1H3/t10-/m1/s1. The highest BCUT2D eigenvalue weighted by atomic mass is 16.5. The predicted octanol–water partition coefficient (Wildman–Crippen LogP) is 2.06. The average molecular weight is 244 g/mol. The van der Waals surface area contributed by atoms with E-state index < -0.39 is 0 Å². The number of hydrogen-bond acceptors (Lipinski definition) is 3. The summed E-state index contributed by atoms with van der Waals surface area (Å²) in [5.74, 6) is 1.12. The highest BCUT2D eigenvalue weighted by Crippen LogP contribution is 2.47. The molecule has 1 aromatic rings. The van der Waals surface area contributed by atoms with Gasteiger partial charge in [0, 0.05) is 28.8 Å². The molecule has 3 heteroatoms. The highest BCUT2D eigenvalue weighted by molar-refractivity contribution is 5.64. The number of hydrogen-bond donors (Lipinski definition) is 2. The Hall–Kier alpha value is -1.22. The second-order valence-electron chi connectivity index (χ2n) is 6.07. The van der Waals surface area contributed by atoms with Crippen molar-refractivity contribution in [2.75, 3.05) is 25.0 Å². The maximum atomic E-state index is 5.98. The van der Waals surface area contributed by atoms with Crippen LogP contribution in [0.1, 0.15) is 30.9 Å². The lowest BCUT2D eigenvalue weighted by Gasteiger charge is -2.32. The minimum absolute atomic E-state index is 0.293. The van der Waals surface area contributed by atoms with Crippen LogP contribution in [-0.2, 0) is 11.8 Å². The second kappa shape index (κ2) is 3.64. The number of rotatable bonds is 0. The van der Waals surface area contributed by atoms with Crippen molar-refractivity contribution in [1.82, 2.24) is 5.32 Å². The Kier molecular flexibility index (Phi) is 2.16.